The molecule has 1 fully saturated rings. The van der Waals surface area contributed by atoms with E-state index in [0.717, 1.165) is 4.90 Å². The van der Waals surface area contributed by atoms with Crippen LogP contribution in [0.25, 0.3) is 5.76 Å². The summed E-state index contributed by atoms with van der Waals surface area (Å²) in [5.41, 5.74) is 0.612. The van der Waals surface area contributed by atoms with Crippen molar-refractivity contribution >= 4 is 40.7 Å². The molecular weight excluding hydrogens is 465 g/mol. The Balaban J connectivity index is 1.83. The van der Waals surface area contributed by atoms with Crippen LogP contribution in [-0.2, 0) is 14.4 Å². The van der Waals surface area contributed by atoms with Gasteiger partial charge < -0.3 is 14.9 Å². The first kappa shape index (κ1) is 23.0. The molecule has 172 valence electrons. The number of amides is 1. The fourth-order valence-electron chi connectivity index (χ4n) is 3.70. The van der Waals surface area contributed by atoms with Gasteiger partial charge >= 0.3 is 5.97 Å². The quantitative estimate of drug-likeness (QED) is 0.303. The van der Waals surface area contributed by atoms with Crippen LogP contribution < -0.4 is 9.64 Å². The fourth-order valence-corrected chi connectivity index (χ4v) is 3.83. The van der Waals surface area contributed by atoms with E-state index < -0.39 is 41.9 Å². The van der Waals surface area contributed by atoms with Gasteiger partial charge in [-0.25, -0.2) is 9.18 Å². The average molecular weight is 482 g/mol. The zero-order valence-corrected chi connectivity index (χ0v) is 18.2. The van der Waals surface area contributed by atoms with Crippen LogP contribution in [0.1, 0.15) is 17.2 Å². The summed E-state index contributed by atoms with van der Waals surface area (Å²) in [5.74, 6) is -3.76. The van der Waals surface area contributed by atoms with Gasteiger partial charge in [-0.05, 0) is 66.2 Å². The summed E-state index contributed by atoms with van der Waals surface area (Å²) >= 11 is 5.91. The molecule has 1 amide bonds. The number of aliphatic carboxylic acids is 1. The van der Waals surface area contributed by atoms with Gasteiger partial charge in [0, 0.05) is 16.3 Å². The number of benzene rings is 3. The predicted octanol–water partition coefficient (Wildman–Crippen LogP) is 4.57. The Kier molecular flexibility index (Phi) is 6.34. The molecule has 0 aliphatic carbocycles. The molecule has 3 aromatic rings. The van der Waals surface area contributed by atoms with E-state index in [1.54, 1.807) is 6.07 Å². The Bertz CT molecular complexity index is 1300. The standard InChI is InChI=1S/C25H17ClFNO6/c26-16-6-4-14(5-7-16)23(31)21-22(15-2-1-3-17(27)12-15)28(25(33)24(21)32)18-8-10-19(11-9-18)34-13-20(29)30/h1-12,22,31H,13H2,(H,29,30)/b23-21+. The zero-order chi connectivity index (χ0) is 24.4. The molecule has 0 radical (unpaired) electrons. The first-order chi connectivity index (χ1) is 16.3. The Morgan fingerprint density at radius 3 is 2.29 bits per heavy atom. The van der Waals surface area contributed by atoms with E-state index in [0.29, 0.717) is 5.02 Å². The second-order valence-electron chi connectivity index (χ2n) is 7.41. The van der Waals surface area contributed by atoms with Crippen molar-refractivity contribution in [1.29, 1.82) is 0 Å². The lowest BCUT2D eigenvalue weighted by Crippen LogP contribution is -2.29. The van der Waals surface area contributed by atoms with Crippen molar-refractivity contribution in [3.8, 4) is 5.75 Å². The minimum Gasteiger partial charge on any atom is -0.507 e. The van der Waals surface area contributed by atoms with E-state index >= 15 is 0 Å². The zero-order valence-electron chi connectivity index (χ0n) is 17.4. The van der Waals surface area contributed by atoms with E-state index in [2.05, 4.69) is 0 Å². The van der Waals surface area contributed by atoms with Gasteiger partial charge in [0.1, 0.15) is 17.3 Å². The van der Waals surface area contributed by atoms with Crippen LogP contribution in [0, 0.1) is 5.82 Å². The number of hydrogen-bond donors (Lipinski definition) is 2. The molecule has 1 aliphatic rings. The average Bonchev–Trinajstić information content (AvgIpc) is 3.08. The molecule has 1 atom stereocenters. The van der Waals surface area contributed by atoms with Gasteiger partial charge in [0.15, 0.2) is 6.61 Å². The SMILES string of the molecule is O=C(O)COc1ccc(N2C(=O)C(=O)/C(=C(/O)c3ccc(Cl)cc3)C2c2cccc(F)c2)cc1. The molecular formula is C25H17ClFNO6. The maximum Gasteiger partial charge on any atom is 0.341 e. The van der Waals surface area contributed by atoms with Gasteiger partial charge in [-0.15, -0.1) is 0 Å². The van der Waals surface area contributed by atoms with Crippen LogP contribution in [0.15, 0.2) is 78.4 Å². The molecule has 7 nitrogen and oxygen atoms in total. The number of carboxylic acid groups (broad SMARTS) is 1. The van der Waals surface area contributed by atoms with Crippen LogP contribution in [0.5, 0.6) is 5.75 Å². The minimum atomic E-state index is -1.15. The third kappa shape index (κ3) is 4.49. The number of halogens is 2. The number of anilines is 1. The van der Waals surface area contributed by atoms with Crippen molar-refractivity contribution in [2.24, 2.45) is 0 Å². The van der Waals surface area contributed by atoms with Crippen LogP contribution in [0.4, 0.5) is 10.1 Å². The molecule has 1 saturated heterocycles. The number of Topliss-reactive ketones (excluding diaryl/α,β-unsaturated/α-hetero) is 1. The first-order valence-electron chi connectivity index (χ1n) is 10.0. The van der Waals surface area contributed by atoms with Crippen LogP contribution in [-0.4, -0.2) is 34.5 Å². The van der Waals surface area contributed by atoms with E-state index in [9.17, 15) is 23.9 Å². The molecule has 0 saturated carbocycles. The van der Waals surface area contributed by atoms with E-state index in [1.807, 2.05) is 0 Å². The number of carbonyl (C=O) groups excluding carboxylic acids is 2. The molecule has 9 heteroatoms. The topological polar surface area (TPSA) is 104 Å². The highest BCUT2D eigenvalue weighted by Crippen LogP contribution is 2.42. The molecule has 34 heavy (non-hydrogen) atoms. The molecule has 0 bridgehead atoms. The number of aliphatic hydroxyl groups excluding tert-OH is 1. The highest BCUT2D eigenvalue weighted by molar-refractivity contribution is 6.51. The molecule has 0 spiro atoms. The summed E-state index contributed by atoms with van der Waals surface area (Å²) in [7, 11) is 0. The van der Waals surface area contributed by atoms with Gasteiger partial charge in [0.2, 0.25) is 0 Å². The predicted molar refractivity (Wildman–Crippen MR) is 122 cm³/mol. The number of ketones is 1. The Labute approximate surface area is 198 Å². The van der Waals surface area contributed by atoms with Crippen LogP contribution in [0.3, 0.4) is 0 Å². The summed E-state index contributed by atoms with van der Waals surface area (Å²) in [6.07, 6.45) is 0. The number of carbonyl (C=O) groups is 3. The van der Waals surface area contributed by atoms with Gasteiger partial charge in [0.05, 0.1) is 11.6 Å². The number of carboxylic acids is 1. The van der Waals surface area contributed by atoms with Crippen molar-refractivity contribution in [2.75, 3.05) is 11.5 Å². The van der Waals surface area contributed by atoms with E-state index in [1.165, 1.54) is 66.7 Å². The van der Waals surface area contributed by atoms with Gasteiger partial charge in [0.25, 0.3) is 11.7 Å². The number of rotatable bonds is 6. The molecule has 0 aromatic heterocycles. The number of nitrogens with zero attached hydrogens (tertiary/aromatic N) is 1. The Morgan fingerprint density at radius 1 is 1.00 bits per heavy atom. The lowest BCUT2D eigenvalue weighted by molar-refractivity contribution is -0.139. The van der Waals surface area contributed by atoms with Crippen molar-refractivity contribution in [2.45, 2.75) is 6.04 Å². The first-order valence-corrected chi connectivity index (χ1v) is 10.4. The third-order valence-corrected chi connectivity index (χ3v) is 5.46. The second kappa shape index (κ2) is 9.36. The number of hydrogen-bond acceptors (Lipinski definition) is 5. The summed E-state index contributed by atoms with van der Waals surface area (Å²) in [5, 5.41) is 20.2. The lowest BCUT2D eigenvalue weighted by Gasteiger charge is -2.25. The van der Waals surface area contributed by atoms with Crippen molar-refractivity contribution in [3.63, 3.8) is 0 Å². The van der Waals surface area contributed by atoms with Gasteiger partial charge in [-0.1, -0.05) is 23.7 Å². The largest absolute Gasteiger partial charge is 0.507 e. The van der Waals surface area contributed by atoms with Crippen LogP contribution >= 0.6 is 11.6 Å². The lowest BCUT2D eigenvalue weighted by atomic mass is 9.95. The molecule has 3 aromatic carbocycles. The number of ether oxygens (including phenoxy) is 1. The molecule has 1 aliphatic heterocycles. The monoisotopic (exact) mass is 481 g/mol. The summed E-state index contributed by atoms with van der Waals surface area (Å²) in [4.78, 5) is 38.0. The highest BCUT2D eigenvalue weighted by atomic mass is 35.5. The smallest absolute Gasteiger partial charge is 0.341 e. The van der Waals surface area contributed by atoms with E-state index in [4.69, 9.17) is 21.4 Å². The second-order valence-corrected chi connectivity index (χ2v) is 7.84. The highest BCUT2D eigenvalue weighted by Gasteiger charge is 2.47. The van der Waals surface area contributed by atoms with Gasteiger partial charge in [-0.2, -0.15) is 0 Å². The number of aliphatic hydroxyl groups is 1. The van der Waals surface area contributed by atoms with Crippen LogP contribution in [0.2, 0.25) is 5.02 Å². The maximum absolute atomic E-state index is 14.1. The summed E-state index contributed by atoms with van der Waals surface area (Å²) < 4.78 is 19.2. The van der Waals surface area contributed by atoms with Crippen molar-refractivity contribution < 1.29 is 33.7 Å². The minimum absolute atomic E-state index is 0.205. The molecule has 2 N–H and O–H groups in total. The normalized spacial score (nSPS) is 17.1. The Hall–Kier alpha value is -4.17. The summed E-state index contributed by atoms with van der Waals surface area (Å²) in [6, 6.07) is 16.2. The van der Waals surface area contributed by atoms with Gasteiger partial charge in [-0.3, -0.25) is 14.5 Å². The van der Waals surface area contributed by atoms with Crippen molar-refractivity contribution in [1.82, 2.24) is 0 Å². The fraction of sp³-hybridized carbons (Fsp3) is 0.0800. The van der Waals surface area contributed by atoms with E-state index in [-0.39, 0.29) is 28.1 Å². The molecule has 4 rings (SSSR count). The van der Waals surface area contributed by atoms with Crippen molar-refractivity contribution in [3.05, 3.63) is 100 Å². The Morgan fingerprint density at radius 2 is 1.68 bits per heavy atom. The third-order valence-electron chi connectivity index (χ3n) is 5.20. The maximum atomic E-state index is 14.1. The summed E-state index contributed by atoms with van der Waals surface area (Å²) in [6.45, 7) is -0.547. The molecule has 1 unspecified atom stereocenters. The molecule has 1 heterocycles.